The minimum absolute atomic E-state index is 0. The minimum Gasteiger partial charge on any atom is -0.504 e. The van der Waals surface area contributed by atoms with Gasteiger partial charge >= 0.3 is 0 Å². The quantitative estimate of drug-likeness (QED) is 0.137. The molecule has 258 valence electrons. The summed E-state index contributed by atoms with van der Waals surface area (Å²) < 4.78 is 4.22. The Balaban J connectivity index is 0.000000244. The molecular formula is C46H34HfN2O2S2-2. The standard InChI is InChI=1S/C32H20N2O2S2.2C7H7.Hf/c35-29-27(33-23-13-5-1-9-19(23)20-10-2-6-14-24(20)33)17-37-31(29)32-30(36)28(18-38-32)34-25-15-7-3-11-21(25)22-12-4-8-16-26(22)34;2*1-7-5-3-2-4-6-7;/h1-18,35-36H;2*2-6H,1H2;/q;2*-1;. The molecule has 0 bridgehead atoms. The van der Waals surface area contributed by atoms with E-state index in [1.807, 2.05) is 120 Å². The van der Waals surface area contributed by atoms with Crippen molar-refractivity contribution in [2.75, 3.05) is 0 Å². The van der Waals surface area contributed by atoms with Crippen LogP contribution in [0, 0.1) is 13.8 Å². The van der Waals surface area contributed by atoms with Gasteiger partial charge < -0.3 is 19.3 Å². The van der Waals surface area contributed by atoms with Crippen LogP contribution in [0.1, 0.15) is 11.1 Å². The molecule has 0 saturated carbocycles. The van der Waals surface area contributed by atoms with Crippen molar-refractivity contribution >= 4 is 66.3 Å². The molecule has 2 N–H and O–H groups in total. The molecule has 6 aromatic carbocycles. The van der Waals surface area contributed by atoms with Crippen LogP contribution in [0.3, 0.4) is 0 Å². The van der Waals surface area contributed by atoms with Crippen LogP contribution in [0.4, 0.5) is 0 Å². The van der Waals surface area contributed by atoms with Gasteiger partial charge in [0.05, 0.1) is 43.2 Å². The van der Waals surface area contributed by atoms with Gasteiger partial charge in [0.1, 0.15) is 0 Å². The van der Waals surface area contributed by atoms with Gasteiger partial charge in [0, 0.05) is 58.1 Å². The molecule has 10 rings (SSSR count). The van der Waals surface area contributed by atoms with Crippen molar-refractivity contribution in [2.45, 2.75) is 0 Å². The predicted octanol–water partition coefficient (Wildman–Crippen LogP) is 12.8. The van der Waals surface area contributed by atoms with Gasteiger partial charge in [-0.15, -0.1) is 46.9 Å². The number of para-hydroxylation sites is 4. The molecule has 4 heterocycles. The second kappa shape index (κ2) is 15.6. The van der Waals surface area contributed by atoms with Gasteiger partial charge in [-0.25, -0.2) is 0 Å². The Hall–Kier alpha value is -5.47. The molecule has 0 amide bonds. The molecule has 0 spiro atoms. The van der Waals surface area contributed by atoms with E-state index in [0.717, 1.165) is 54.7 Å². The van der Waals surface area contributed by atoms with Gasteiger partial charge in [0.15, 0.2) is 11.5 Å². The number of hydrogen-bond donors (Lipinski definition) is 2. The van der Waals surface area contributed by atoms with Crippen molar-refractivity contribution < 1.29 is 36.1 Å². The number of rotatable bonds is 3. The number of hydrogen-bond acceptors (Lipinski definition) is 4. The van der Waals surface area contributed by atoms with Crippen LogP contribution in [-0.2, 0) is 25.8 Å². The molecule has 0 fully saturated rings. The minimum atomic E-state index is 0. The molecule has 7 heteroatoms. The molecule has 53 heavy (non-hydrogen) atoms. The largest absolute Gasteiger partial charge is 0.504 e. The maximum Gasteiger partial charge on any atom is 0.159 e. The fourth-order valence-electron chi connectivity index (χ4n) is 6.64. The first-order valence-electron chi connectivity index (χ1n) is 16.8. The van der Waals surface area contributed by atoms with Crippen molar-refractivity contribution in [1.82, 2.24) is 9.13 Å². The molecule has 0 aliphatic carbocycles. The second-order valence-electron chi connectivity index (χ2n) is 12.3. The number of aromatic hydroxyl groups is 2. The van der Waals surface area contributed by atoms with Crippen LogP contribution in [0.5, 0.6) is 11.5 Å². The van der Waals surface area contributed by atoms with Crippen molar-refractivity contribution in [1.29, 1.82) is 0 Å². The SMILES string of the molecule is Oc1c(-n2c3ccccc3c3ccccc32)csc1-c1scc(-n2c3ccccc3c3ccccc32)c1O.[CH2-]c1ccccc1.[CH2-]c1ccccc1.[Hf]. The summed E-state index contributed by atoms with van der Waals surface area (Å²) in [5.74, 6) is 0.347. The second-order valence-corrected chi connectivity index (χ2v) is 14.1. The van der Waals surface area contributed by atoms with E-state index >= 15 is 0 Å². The summed E-state index contributed by atoms with van der Waals surface area (Å²) in [6.07, 6.45) is 0. The number of benzene rings is 6. The first-order chi connectivity index (χ1) is 25.5. The van der Waals surface area contributed by atoms with Gasteiger partial charge in [0.25, 0.3) is 0 Å². The van der Waals surface area contributed by atoms with E-state index < -0.39 is 0 Å². The topological polar surface area (TPSA) is 50.3 Å². The van der Waals surface area contributed by atoms with Crippen LogP contribution in [0.15, 0.2) is 168 Å². The van der Waals surface area contributed by atoms with E-state index in [0.29, 0.717) is 21.1 Å². The van der Waals surface area contributed by atoms with Crippen LogP contribution in [0.2, 0.25) is 0 Å². The van der Waals surface area contributed by atoms with E-state index in [1.54, 1.807) is 0 Å². The third kappa shape index (κ3) is 6.79. The monoisotopic (exact) mass is 890 g/mol. The van der Waals surface area contributed by atoms with Crippen molar-refractivity contribution in [3.63, 3.8) is 0 Å². The Labute approximate surface area is 335 Å². The maximum absolute atomic E-state index is 11.6. The molecule has 0 aliphatic heterocycles. The summed E-state index contributed by atoms with van der Waals surface area (Å²) >= 11 is 2.89. The summed E-state index contributed by atoms with van der Waals surface area (Å²) in [7, 11) is 0. The Kier molecular flexibility index (Phi) is 10.6. The summed E-state index contributed by atoms with van der Waals surface area (Å²) in [6, 6.07) is 52.7. The van der Waals surface area contributed by atoms with Crippen molar-refractivity contribution in [2.24, 2.45) is 0 Å². The van der Waals surface area contributed by atoms with Crippen LogP contribution in [0.25, 0.3) is 64.7 Å². The van der Waals surface area contributed by atoms with E-state index in [1.165, 1.54) is 22.7 Å². The normalized spacial score (nSPS) is 10.8. The van der Waals surface area contributed by atoms with Crippen LogP contribution < -0.4 is 0 Å². The predicted molar refractivity (Wildman–Crippen MR) is 221 cm³/mol. The van der Waals surface area contributed by atoms with E-state index in [9.17, 15) is 10.2 Å². The van der Waals surface area contributed by atoms with Gasteiger partial charge in [-0.1, -0.05) is 84.9 Å². The zero-order chi connectivity index (χ0) is 35.6. The van der Waals surface area contributed by atoms with E-state index in [2.05, 4.69) is 71.5 Å². The summed E-state index contributed by atoms with van der Waals surface area (Å²) in [6.45, 7) is 7.44. The maximum atomic E-state index is 11.6. The fourth-order valence-corrected chi connectivity index (χ4v) is 8.67. The molecule has 0 radical (unpaired) electrons. The number of thiophene rings is 2. The van der Waals surface area contributed by atoms with Crippen molar-refractivity contribution in [3.05, 3.63) is 193 Å². The summed E-state index contributed by atoms with van der Waals surface area (Å²) in [5.41, 5.74) is 7.72. The molecule has 0 aliphatic rings. The summed E-state index contributed by atoms with van der Waals surface area (Å²) in [5, 5.41) is 31.6. The molecule has 0 atom stereocenters. The molecule has 0 unspecified atom stereocenters. The molecule has 4 aromatic heterocycles. The number of nitrogens with zero attached hydrogens (tertiary/aromatic N) is 2. The zero-order valence-corrected chi connectivity index (χ0v) is 33.9. The molecule has 0 saturated heterocycles. The molecule has 10 aromatic rings. The Bertz CT molecular complexity index is 2500. The van der Waals surface area contributed by atoms with Gasteiger partial charge in [-0.05, 0) is 24.3 Å². The molecule has 4 nitrogen and oxygen atoms in total. The Morgan fingerprint density at radius 1 is 0.377 bits per heavy atom. The Morgan fingerprint density at radius 2 is 0.642 bits per heavy atom. The van der Waals surface area contributed by atoms with Crippen LogP contribution >= 0.6 is 22.7 Å². The van der Waals surface area contributed by atoms with E-state index in [-0.39, 0.29) is 37.3 Å². The third-order valence-corrected chi connectivity index (χ3v) is 11.1. The molecular weight excluding hydrogens is 855 g/mol. The smallest absolute Gasteiger partial charge is 0.159 e. The number of fused-ring (bicyclic) bond motifs is 6. The van der Waals surface area contributed by atoms with E-state index in [4.69, 9.17) is 0 Å². The summed E-state index contributed by atoms with van der Waals surface area (Å²) in [4.78, 5) is 1.33. The zero-order valence-electron chi connectivity index (χ0n) is 28.7. The van der Waals surface area contributed by atoms with Gasteiger partial charge in [-0.2, -0.15) is 49.2 Å². The van der Waals surface area contributed by atoms with Crippen molar-refractivity contribution in [3.8, 4) is 32.6 Å². The van der Waals surface area contributed by atoms with Gasteiger partial charge in [-0.3, -0.25) is 0 Å². The first-order valence-corrected chi connectivity index (χ1v) is 18.6. The average Bonchev–Trinajstić information content (AvgIpc) is 3.93. The fraction of sp³-hybridized carbons (Fsp3) is 0. The Morgan fingerprint density at radius 3 is 0.906 bits per heavy atom. The van der Waals surface area contributed by atoms with Gasteiger partial charge in [0.2, 0.25) is 0 Å². The average molecular weight is 889 g/mol. The van der Waals surface area contributed by atoms with Crippen LogP contribution in [-0.4, -0.2) is 19.3 Å². The first kappa shape index (κ1) is 35.9. The number of aromatic nitrogens is 2. The third-order valence-electron chi connectivity index (χ3n) is 9.03.